The van der Waals surface area contributed by atoms with Crippen molar-refractivity contribution in [3.8, 4) is 0 Å². The molecule has 3 rings (SSSR count). The Morgan fingerprint density at radius 2 is 2.09 bits per heavy atom. The molecular formula is C14H13F3N4O2. The molecule has 1 aliphatic rings. The van der Waals surface area contributed by atoms with Gasteiger partial charge in [-0.3, -0.25) is 4.79 Å². The number of aromatic nitrogens is 3. The average Bonchev–Trinajstić information content (AvgIpc) is 2.53. The Bertz CT molecular complexity index is 737. The number of pyridine rings is 1. The van der Waals surface area contributed by atoms with Crippen LogP contribution >= 0.6 is 0 Å². The minimum absolute atomic E-state index is 0.0553. The number of halogens is 3. The lowest BCUT2D eigenvalue weighted by Gasteiger charge is -2.36. The molecule has 2 aromatic rings. The molecule has 1 aliphatic heterocycles. The highest BCUT2D eigenvalue weighted by molar-refractivity contribution is 5.74. The molecule has 1 N–H and O–H groups in total. The van der Waals surface area contributed by atoms with Gasteiger partial charge in [0, 0.05) is 30.9 Å². The monoisotopic (exact) mass is 326 g/mol. The molecule has 1 saturated heterocycles. The van der Waals surface area contributed by atoms with Gasteiger partial charge < -0.3 is 10.0 Å². The van der Waals surface area contributed by atoms with Crippen LogP contribution in [0.1, 0.15) is 6.42 Å². The molecular weight excluding hydrogens is 313 g/mol. The van der Waals surface area contributed by atoms with Crippen molar-refractivity contribution < 1.29 is 23.1 Å². The van der Waals surface area contributed by atoms with Crippen LogP contribution in [0.25, 0.3) is 11.0 Å². The first-order valence-corrected chi connectivity index (χ1v) is 6.97. The Morgan fingerprint density at radius 3 is 2.78 bits per heavy atom. The Kier molecular flexibility index (Phi) is 3.78. The van der Waals surface area contributed by atoms with Gasteiger partial charge in [-0.15, -0.1) is 0 Å². The Balaban J connectivity index is 1.93. The molecule has 3 heterocycles. The average molecular weight is 326 g/mol. The second kappa shape index (κ2) is 5.64. The summed E-state index contributed by atoms with van der Waals surface area (Å²) in [6, 6.07) is 3.44. The molecule has 2 atom stereocenters. The molecule has 0 aromatic carbocycles. The zero-order valence-electron chi connectivity index (χ0n) is 11.9. The maximum Gasteiger partial charge on any atom is 0.393 e. The summed E-state index contributed by atoms with van der Waals surface area (Å²) in [5.41, 5.74) is 0.360. The third kappa shape index (κ3) is 3.17. The number of carbonyl (C=O) groups is 1. The highest BCUT2D eigenvalue weighted by Gasteiger charge is 2.46. The van der Waals surface area contributed by atoms with E-state index in [2.05, 4.69) is 15.0 Å². The molecule has 0 spiro atoms. The van der Waals surface area contributed by atoms with Crippen LogP contribution in [0.5, 0.6) is 0 Å². The van der Waals surface area contributed by atoms with Gasteiger partial charge in [0.25, 0.3) is 0 Å². The van der Waals surface area contributed by atoms with Crippen molar-refractivity contribution in [2.75, 3.05) is 18.0 Å². The van der Waals surface area contributed by atoms with Gasteiger partial charge in [0.05, 0.1) is 11.8 Å². The fraction of sp³-hybridized carbons (Fsp3) is 0.429. The van der Waals surface area contributed by atoms with Crippen LogP contribution in [0, 0.1) is 11.8 Å². The summed E-state index contributed by atoms with van der Waals surface area (Å²) in [4.78, 5) is 24.7. The SMILES string of the molecule is O=C(O)[C@@H]1C[C@H](C(F)(F)F)CN(c2ncc3cccnc3n2)C1. The summed E-state index contributed by atoms with van der Waals surface area (Å²) in [6.07, 6.45) is -1.89. The van der Waals surface area contributed by atoms with Gasteiger partial charge in [0.15, 0.2) is 5.65 Å². The van der Waals surface area contributed by atoms with Gasteiger partial charge in [-0.1, -0.05) is 0 Å². The van der Waals surface area contributed by atoms with Crippen LogP contribution in [0.2, 0.25) is 0 Å². The summed E-state index contributed by atoms with van der Waals surface area (Å²) >= 11 is 0. The van der Waals surface area contributed by atoms with Gasteiger partial charge in [-0.25, -0.2) is 9.97 Å². The number of nitrogens with zero attached hydrogens (tertiary/aromatic N) is 4. The van der Waals surface area contributed by atoms with E-state index in [4.69, 9.17) is 5.11 Å². The molecule has 122 valence electrons. The van der Waals surface area contributed by atoms with Gasteiger partial charge in [-0.05, 0) is 18.6 Å². The van der Waals surface area contributed by atoms with Gasteiger partial charge >= 0.3 is 12.1 Å². The van der Waals surface area contributed by atoms with Crippen molar-refractivity contribution in [1.29, 1.82) is 0 Å². The van der Waals surface area contributed by atoms with Crippen LogP contribution < -0.4 is 4.90 Å². The van der Waals surface area contributed by atoms with E-state index in [1.165, 1.54) is 17.3 Å². The van der Waals surface area contributed by atoms with Crippen molar-refractivity contribution in [3.63, 3.8) is 0 Å². The van der Waals surface area contributed by atoms with E-state index in [1.807, 2.05) is 0 Å². The number of carboxylic acids is 1. The first kappa shape index (κ1) is 15.4. The Morgan fingerprint density at radius 1 is 1.30 bits per heavy atom. The number of hydrogen-bond acceptors (Lipinski definition) is 5. The topological polar surface area (TPSA) is 79.2 Å². The predicted molar refractivity (Wildman–Crippen MR) is 74.8 cm³/mol. The number of anilines is 1. The fourth-order valence-electron chi connectivity index (χ4n) is 2.69. The molecule has 9 heteroatoms. The summed E-state index contributed by atoms with van der Waals surface area (Å²) in [5, 5.41) is 9.77. The quantitative estimate of drug-likeness (QED) is 0.910. The number of aliphatic carboxylic acids is 1. The standard InChI is InChI=1S/C14H13F3N4O2/c15-14(16,17)10-4-9(12(22)23)6-21(7-10)13-19-5-8-2-1-3-18-11(8)20-13/h1-3,5,9-10H,4,6-7H2,(H,22,23)/t9-,10+/m1/s1. The summed E-state index contributed by atoms with van der Waals surface area (Å²) in [6.45, 7) is -0.411. The lowest BCUT2D eigenvalue weighted by atomic mass is 9.89. The Labute approximate surface area is 129 Å². The third-order valence-electron chi connectivity index (χ3n) is 3.89. The van der Waals surface area contributed by atoms with E-state index in [9.17, 15) is 18.0 Å². The van der Waals surface area contributed by atoms with E-state index in [0.717, 1.165) is 0 Å². The predicted octanol–water partition coefficient (Wildman–Crippen LogP) is 2.11. The third-order valence-corrected chi connectivity index (χ3v) is 3.89. The number of fused-ring (bicyclic) bond motifs is 1. The van der Waals surface area contributed by atoms with Gasteiger partial charge in [0.2, 0.25) is 5.95 Å². The molecule has 1 fully saturated rings. The largest absolute Gasteiger partial charge is 0.481 e. The zero-order valence-corrected chi connectivity index (χ0v) is 11.9. The first-order chi connectivity index (χ1) is 10.8. The van der Waals surface area contributed by atoms with Gasteiger partial charge in [-0.2, -0.15) is 18.2 Å². The van der Waals surface area contributed by atoms with E-state index in [1.54, 1.807) is 12.1 Å². The molecule has 0 radical (unpaired) electrons. The lowest BCUT2D eigenvalue weighted by Crippen LogP contribution is -2.48. The highest BCUT2D eigenvalue weighted by Crippen LogP contribution is 2.36. The zero-order chi connectivity index (χ0) is 16.6. The van der Waals surface area contributed by atoms with Crippen LogP contribution in [0.3, 0.4) is 0 Å². The minimum Gasteiger partial charge on any atom is -0.481 e. The van der Waals surface area contributed by atoms with E-state index in [0.29, 0.717) is 11.0 Å². The van der Waals surface area contributed by atoms with Crippen LogP contribution in [-0.2, 0) is 4.79 Å². The van der Waals surface area contributed by atoms with E-state index >= 15 is 0 Å². The molecule has 0 bridgehead atoms. The smallest absolute Gasteiger partial charge is 0.393 e. The van der Waals surface area contributed by atoms with Crippen molar-refractivity contribution >= 4 is 23.0 Å². The maximum absolute atomic E-state index is 13.0. The van der Waals surface area contributed by atoms with Crippen LogP contribution in [0.15, 0.2) is 24.5 Å². The molecule has 23 heavy (non-hydrogen) atoms. The highest BCUT2D eigenvalue weighted by atomic mass is 19.4. The normalized spacial score (nSPS) is 22.3. The van der Waals surface area contributed by atoms with Crippen molar-refractivity contribution in [3.05, 3.63) is 24.5 Å². The second-order valence-electron chi connectivity index (χ2n) is 5.50. The number of hydrogen-bond donors (Lipinski definition) is 1. The Hall–Kier alpha value is -2.45. The van der Waals surface area contributed by atoms with Crippen molar-refractivity contribution in [2.24, 2.45) is 11.8 Å². The van der Waals surface area contributed by atoms with Crippen molar-refractivity contribution in [2.45, 2.75) is 12.6 Å². The maximum atomic E-state index is 13.0. The summed E-state index contributed by atoms with van der Waals surface area (Å²) in [7, 11) is 0. The molecule has 0 aliphatic carbocycles. The van der Waals surface area contributed by atoms with Crippen LogP contribution in [0.4, 0.5) is 19.1 Å². The fourth-order valence-corrected chi connectivity index (χ4v) is 2.69. The van der Waals surface area contributed by atoms with E-state index < -0.39 is 30.4 Å². The molecule has 6 nitrogen and oxygen atoms in total. The number of rotatable bonds is 2. The second-order valence-corrected chi connectivity index (χ2v) is 5.50. The number of piperidine rings is 1. The minimum atomic E-state index is -4.46. The number of alkyl halides is 3. The number of carboxylic acid groups (broad SMARTS) is 1. The molecule has 0 saturated carbocycles. The summed E-state index contributed by atoms with van der Waals surface area (Å²) in [5.74, 6) is -4.02. The first-order valence-electron chi connectivity index (χ1n) is 6.97. The molecule has 0 unspecified atom stereocenters. The summed E-state index contributed by atoms with van der Waals surface area (Å²) < 4.78 is 39.1. The van der Waals surface area contributed by atoms with Gasteiger partial charge in [0.1, 0.15) is 0 Å². The van der Waals surface area contributed by atoms with E-state index in [-0.39, 0.29) is 19.0 Å². The van der Waals surface area contributed by atoms with Crippen molar-refractivity contribution in [1.82, 2.24) is 15.0 Å². The van der Waals surface area contributed by atoms with Crippen LogP contribution in [-0.4, -0.2) is 45.3 Å². The molecule has 2 aromatic heterocycles. The molecule has 0 amide bonds. The lowest BCUT2D eigenvalue weighted by molar-refractivity contribution is -0.181.